The summed E-state index contributed by atoms with van der Waals surface area (Å²) in [5.74, 6) is 1.10. The number of hydrogen-bond acceptors (Lipinski definition) is 0. The van der Waals surface area contributed by atoms with Crippen molar-refractivity contribution >= 4 is 11.1 Å². The molecule has 3 aliphatic carbocycles. The molecule has 3 aliphatic rings. The summed E-state index contributed by atoms with van der Waals surface area (Å²) in [6.45, 7) is 24.5. The Hall–Kier alpha value is -3.64. The lowest BCUT2D eigenvalue weighted by atomic mass is 9.69. The van der Waals surface area contributed by atoms with E-state index in [1.165, 1.54) is 66.8 Å². The fraction of sp³-hybridized carbons (Fsp3) is 0.300. The summed E-state index contributed by atoms with van der Waals surface area (Å²) in [6.07, 6.45) is 13.5. The first-order valence-electron chi connectivity index (χ1n) is 14.9. The Morgan fingerprint density at radius 2 is 1.65 bits per heavy atom. The monoisotopic (exact) mass is 524 g/mol. The molecule has 0 heteroatoms. The molecule has 0 nitrogen and oxygen atoms in total. The van der Waals surface area contributed by atoms with Gasteiger partial charge in [-0.25, -0.2) is 0 Å². The first-order valence-corrected chi connectivity index (χ1v) is 14.9. The molecule has 40 heavy (non-hydrogen) atoms. The number of allylic oxidation sites excluding steroid dienone is 13. The van der Waals surface area contributed by atoms with Crippen LogP contribution in [0.25, 0.3) is 11.1 Å². The molecule has 0 aromatic heterocycles. The van der Waals surface area contributed by atoms with Crippen molar-refractivity contribution in [3.63, 3.8) is 0 Å². The third kappa shape index (κ3) is 5.37. The van der Waals surface area contributed by atoms with Crippen molar-refractivity contribution in [2.24, 2.45) is 5.92 Å². The number of fused-ring (bicyclic) bond motifs is 1. The molecule has 1 fully saturated rings. The lowest BCUT2D eigenvalue weighted by Gasteiger charge is -2.34. The zero-order chi connectivity index (χ0) is 28.6. The van der Waals surface area contributed by atoms with Crippen LogP contribution in [-0.4, -0.2) is 0 Å². The van der Waals surface area contributed by atoms with Crippen LogP contribution in [-0.2, 0) is 0 Å². The highest BCUT2D eigenvalue weighted by Gasteiger charge is 2.41. The van der Waals surface area contributed by atoms with Gasteiger partial charge in [-0.15, -0.1) is 0 Å². The van der Waals surface area contributed by atoms with Gasteiger partial charge < -0.3 is 0 Å². The molecule has 2 aromatic rings. The van der Waals surface area contributed by atoms with Crippen LogP contribution in [0.2, 0.25) is 0 Å². The smallest absolute Gasteiger partial charge is 0.0201 e. The van der Waals surface area contributed by atoms with E-state index < -0.39 is 0 Å². The summed E-state index contributed by atoms with van der Waals surface area (Å²) in [4.78, 5) is 0. The standard InChI is InChI=1S/C40H44/c1-9-10-27(6)38-28(7)21-37-24-36(29(8)39(37)40(38)34-19-15-32(16-20-34)26(4)5)23-30-11-12-35(22-30)33-17-13-31(14-18-33)25(2)3/h11-21,23,26,39-40H,2,6,8-10,22,24H2,1,3-5,7H3. The average Bonchev–Trinajstić information content (AvgIpc) is 3.52. The Balaban J connectivity index is 1.42. The Morgan fingerprint density at radius 3 is 2.27 bits per heavy atom. The molecule has 0 saturated heterocycles. The van der Waals surface area contributed by atoms with Gasteiger partial charge in [-0.2, -0.15) is 0 Å². The maximum Gasteiger partial charge on any atom is 0.0201 e. The van der Waals surface area contributed by atoms with Crippen LogP contribution in [0.1, 0.15) is 94.4 Å². The second kappa shape index (κ2) is 11.5. The predicted octanol–water partition coefficient (Wildman–Crippen LogP) is 11.5. The van der Waals surface area contributed by atoms with Crippen molar-refractivity contribution in [1.29, 1.82) is 0 Å². The van der Waals surface area contributed by atoms with Crippen LogP contribution >= 0.6 is 0 Å². The fourth-order valence-electron chi connectivity index (χ4n) is 6.75. The van der Waals surface area contributed by atoms with Crippen LogP contribution < -0.4 is 0 Å². The number of rotatable bonds is 8. The van der Waals surface area contributed by atoms with Crippen LogP contribution in [0.3, 0.4) is 0 Å². The normalized spacial score (nSPS) is 21.5. The van der Waals surface area contributed by atoms with Crippen molar-refractivity contribution in [2.75, 3.05) is 0 Å². The molecule has 0 bridgehead atoms. The molecule has 0 heterocycles. The maximum absolute atomic E-state index is 4.74. The predicted molar refractivity (Wildman–Crippen MR) is 175 cm³/mol. The zero-order valence-electron chi connectivity index (χ0n) is 25.1. The first kappa shape index (κ1) is 27.9. The molecule has 0 spiro atoms. The molecule has 204 valence electrons. The molecular weight excluding hydrogens is 480 g/mol. The topological polar surface area (TPSA) is 0 Å². The molecule has 2 unspecified atom stereocenters. The molecule has 1 saturated carbocycles. The van der Waals surface area contributed by atoms with E-state index in [9.17, 15) is 0 Å². The Morgan fingerprint density at radius 1 is 0.950 bits per heavy atom. The minimum atomic E-state index is 0.275. The molecular formula is C40H44. The highest BCUT2D eigenvalue weighted by atomic mass is 14.4. The summed E-state index contributed by atoms with van der Waals surface area (Å²) in [7, 11) is 0. The fourth-order valence-corrected chi connectivity index (χ4v) is 6.75. The average molecular weight is 525 g/mol. The van der Waals surface area contributed by atoms with E-state index in [2.05, 4.69) is 121 Å². The van der Waals surface area contributed by atoms with E-state index >= 15 is 0 Å². The molecule has 0 N–H and O–H groups in total. The van der Waals surface area contributed by atoms with Gasteiger partial charge in [0.1, 0.15) is 0 Å². The van der Waals surface area contributed by atoms with Gasteiger partial charge >= 0.3 is 0 Å². The summed E-state index contributed by atoms with van der Waals surface area (Å²) >= 11 is 0. The second-order valence-electron chi connectivity index (χ2n) is 12.3. The van der Waals surface area contributed by atoms with Crippen LogP contribution in [0.4, 0.5) is 0 Å². The van der Waals surface area contributed by atoms with Crippen LogP contribution in [0.15, 0.2) is 132 Å². The largest absolute Gasteiger partial charge is 0.0955 e. The molecule has 5 rings (SSSR count). The molecule has 0 radical (unpaired) electrons. The minimum absolute atomic E-state index is 0.275. The van der Waals surface area contributed by atoms with Gasteiger partial charge in [0, 0.05) is 11.8 Å². The van der Waals surface area contributed by atoms with Crippen molar-refractivity contribution in [3.8, 4) is 0 Å². The highest BCUT2D eigenvalue weighted by molar-refractivity contribution is 5.75. The Bertz CT molecular complexity index is 1500. The zero-order valence-corrected chi connectivity index (χ0v) is 25.1. The van der Waals surface area contributed by atoms with E-state index in [-0.39, 0.29) is 5.92 Å². The Kier molecular flexibility index (Phi) is 7.99. The van der Waals surface area contributed by atoms with Gasteiger partial charge in [-0.1, -0.05) is 136 Å². The molecule has 2 aromatic carbocycles. The van der Waals surface area contributed by atoms with Gasteiger partial charge in [0.05, 0.1) is 0 Å². The summed E-state index contributed by atoms with van der Waals surface area (Å²) in [6, 6.07) is 18.2. The SMILES string of the molecule is C=C(CCC)C1=C(C)C=C2CC(=CC3=CC=C(c4ccc(C(=C)C)cc4)C3)C(=C)C2C1c1ccc(C(C)C)cc1. The molecule has 0 amide bonds. The van der Waals surface area contributed by atoms with E-state index in [0.717, 1.165) is 31.3 Å². The summed E-state index contributed by atoms with van der Waals surface area (Å²) < 4.78 is 0. The van der Waals surface area contributed by atoms with Crippen LogP contribution in [0.5, 0.6) is 0 Å². The molecule has 2 atom stereocenters. The van der Waals surface area contributed by atoms with Gasteiger partial charge in [0.15, 0.2) is 0 Å². The quantitative estimate of drug-likeness (QED) is 0.322. The first-order chi connectivity index (χ1) is 19.2. The summed E-state index contributed by atoms with van der Waals surface area (Å²) in [5, 5.41) is 0. The van der Waals surface area contributed by atoms with Gasteiger partial charge in [0.25, 0.3) is 0 Å². The van der Waals surface area contributed by atoms with E-state index in [4.69, 9.17) is 6.58 Å². The Labute approximate surface area is 242 Å². The molecule has 0 aliphatic heterocycles. The van der Waals surface area contributed by atoms with E-state index in [1.54, 1.807) is 0 Å². The third-order valence-electron chi connectivity index (χ3n) is 8.95. The summed E-state index contributed by atoms with van der Waals surface area (Å²) in [5.41, 5.74) is 17.4. The van der Waals surface area contributed by atoms with Crippen molar-refractivity contribution < 1.29 is 0 Å². The van der Waals surface area contributed by atoms with Crippen molar-refractivity contribution in [1.82, 2.24) is 0 Å². The third-order valence-corrected chi connectivity index (χ3v) is 8.95. The van der Waals surface area contributed by atoms with Crippen molar-refractivity contribution in [2.45, 2.75) is 72.1 Å². The highest BCUT2D eigenvalue weighted by Crippen LogP contribution is 2.55. The second-order valence-corrected chi connectivity index (χ2v) is 12.3. The number of hydrogen-bond donors (Lipinski definition) is 0. The maximum atomic E-state index is 4.74. The lowest BCUT2D eigenvalue weighted by molar-refractivity contribution is 0.619. The van der Waals surface area contributed by atoms with Crippen molar-refractivity contribution in [3.05, 3.63) is 154 Å². The van der Waals surface area contributed by atoms with E-state index in [0.29, 0.717) is 11.8 Å². The minimum Gasteiger partial charge on any atom is -0.0955 e. The van der Waals surface area contributed by atoms with Crippen LogP contribution in [0, 0.1) is 5.92 Å². The number of benzene rings is 2. The van der Waals surface area contributed by atoms with Gasteiger partial charge in [0.2, 0.25) is 0 Å². The lowest BCUT2D eigenvalue weighted by Crippen LogP contribution is -2.21. The van der Waals surface area contributed by atoms with E-state index in [1.807, 2.05) is 0 Å². The van der Waals surface area contributed by atoms with Gasteiger partial charge in [-0.05, 0) is 94.7 Å². The van der Waals surface area contributed by atoms with Gasteiger partial charge in [-0.3, -0.25) is 0 Å².